The molecule has 0 saturated carbocycles. The summed E-state index contributed by atoms with van der Waals surface area (Å²) in [6.07, 6.45) is 0.827. The molecule has 0 fully saturated rings. The zero-order chi connectivity index (χ0) is 12.3. The van der Waals surface area contributed by atoms with Crippen LogP contribution < -0.4 is 4.74 Å². The average molecular weight is 268 g/mol. The van der Waals surface area contributed by atoms with Crippen LogP contribution in [0.2, 0.25) is 0 Å². The smallest absolute Gasteiger partial charge is 0.123 e. The molecule has 0 amide bonds. The summed E-state index contributed by atoms with van der Waals surface area (Å²) in [6.45, 7) is 2.04. The number of alkyl halides is 1. The highest BCUT2D eigenvalue weighted by Gasteiger charge is 2.06. The molecule has 2 rings (SSSR count). The molecule has 0 aliphatic heterocycles. The van der Waals surface area contributed by atoms with E-state index in [9.17, 15) is 0 Å². The third-order valence-corrected chi connectivity index (χ3v) is 3.67. The fraction of sp³-hybridized carbons (Fsp3) is 0.308. The zero-order valence-corrected chi connectivity index (χ0v) is 11.4. The molecule has 4 heteroatoms. The van der Waals surface area contributed by atoms with Crippen molar-refractivity contribution < 1.29 is 4.74 Å². The first kappa shape index (κ1) is 12.4. The lowest BCUT2D eigenvalue weighted by molar-refractivity contribution is 0.412. The summed E-state index contributed by atoms with van der Waals surface area (Å²) in [5, 5.41) is 3.10. The van der Waals surface area contributed by atoms with Gasteiger partial charge in [0.05, 0.1) is 12.8 Å². The second-order valence-electron chi connectivity index (χ2n) is 3.77. The molecule has 1 heterocycles. The summed E-state index contributed by atoms with van der Waals surface area (Å²) in [5.41, 5.74) is 3.32. The monoisotopic (exact) mass is 267 g/mol. The number of benzene rings is 1. The first-order chi connectivity index (χ1) is 8.24. The van der Waals surface area contributed by atoms with Gasteiger partial charge in [0.25, 0.3) is 0 Å². The van der Waals surface area contributed by atoms with E-state index < -0.39 is 0 Å². The number of thiazole rings is 1. The van der Waals surface area contributed by atoms with Crippen LogP contribution in [0.4, 0.5) is 0 Å². The summed E-state index contributed by atoms with van der Waals surface area (Å²) in [6, 6.07) is 6.12. The van der Waals surface area contributed by atoms with Gasteiger partial charge in [-0.05, 0) is 30.7 Å². The molecule has 0 radical (unpaired) electrons. The van der Waals surface area contributed by atoms with Crippen LogP contribution in [0.5, 0.6) is 5.75 Å². The maximum atomic E-state index is 5.70. The maximum absolute atomic E-state index is 5.70. The SMILES string of the molecule is COc1ccc(-c2nc(CCCl)cs2)cc1C. The van der Waals surface area contributed by atoms with Gasteiger partial charge in [-0.25, -0.2) is 4.98 Å². The Morgan fingerprint density at radius 3 is 2.88 bits per heavy atom. The van der Waals surface area contributed by atoms with Crippen molar-refractivity contribution in [1.82, 2.24) is 4.98 Å². The lowest BCUT2D eigenvalue weighted by atomic mass is 10.1. The van der Waals surface area contributed by atoms with Crippen molar-refractivity contribution in [3.8, 4) is 16.3 Å². The van der Waals surface area contributed by atoms with Gasteiger partial charge < -0.3 is 4.74 Å². The standard InChI is InChI=1S/C13H14ClNOS/c1-9-7-10(3-4-12(9)16-2)13-15-11(5-6-14)8-17-13/h3-4,7-8H,5-6H2,1-2H3. The Balaban J connectivity index is 2.29. The normalized spacial score (nSPS) is 10.5. The zero-order valence-electron chi connectivity index (χ0n) is 9.87. The molecule has 2 aromatic rings. The first-order valence-electron chi connectivity index (χ1n) is 5.40. The molecule has 0 spiro atoms. The molecule has 0 N–H and O–H groups in total. The summed E-state index contributed by atoms with van der Waals surface area (Å²) >= 11 is 7.36. The highest BCUT2D eigenvalue weighted by Crippen LogP contribution is 2.28. The van der Waals surface area contributed by atoms with Crippen molar-refractivity contribution in [3.63, 3.8) is 0 Å². The Morgan fingerprint density at radius 2 is 2.24 bits per heavy atom. The number of aromatic nitrogens is 1. The Labute approximate surface area is 110 Å². The average Bonchev–Trinajstić information content (AvgIpc) is 2.78. The highest BCUT2D eigenvalue weighted by molar-refractivity contribution is 7.13. The number of hydrogen-bond donors (Lipinski definition) is 0. The molecular formula is C13H14ClNOS. The molecule has 0 aliphatic carbocycles. The van der Waals surface area contributed by atoms with Crippen molar-refractivity contribution in [2.45, 2.75) is 13.3 Å². The van der Waals surface area contributed by atoms with E-state index >= 15 is 0 Å². The quantitative estimate of drug-likeness (QED) is 0.784. The van der Waals surface area contributed by atoms with E-state index in [1.165, 1.54) is 0 Å². The molecule has 2 nitrogen and oxygen atoms in total. The number of halogens is 1. The Hall–Kier alpha value is -1.06. The van der Waals surface area contributed by atoms with Gasteiger partial charge >= 0.3 is 0 Å². The van der Waals surface area contributed by atoms with Crippen LogP contribution in [0.25, 0.3) is 10.6 Å². The number of aryl methyl sites for hydroxylation is 2. The highest BCUT2D eigenvalue weighted by atomic mass is 35.5. The van der Waals surface area contributed by atoms with E-state index in [1.54, 1.807) is 18.4 Å². The molecule has 0 unspecified atom stereocenters. The van der Waals surface area contributed by atoms with Crippen molar-refractivity contribution in [3.05, 3.63) is 34.8 Å². The van der Waals surface area contributed by atoms with E-state index in [4.69, 9.17) is 16.3 Å². The Bertz CT molecular complexity index is 510. The topological polar surface area (TPSA) is 22.1 Å². The van der Waals surface area contributed by atoms with E-state index in [2.05, 4.69) is 16.4 Å². The van der Waals surface area contributed by atoms with Gasteiger partial charge in [-0.3, -0.25) is 0 Å². The van der Waals surface area contributed by atoms with Crippen molar-refractivity contribution in [2.75, 3.05) is 13.0 Å². The molecule has 0 bridgehead atoms. The van der Waals surface area contributed by atoms with Crippen molar-refractivity contribution in [1.29, 1.82) is 0 Å². The minimum absolute atomic E-state index is 0.616. The van der Waals surface area contributed by atoms with Crippen LogP contribution in [-0.4, -0.2) is 18.0 Å². The van der Waals surface area contributed by atoms with Gasteiger partial charge in [-0.15, -0.1) is 22.9 Å². The van der Waals surface area contributed by atoms with Crippen LogP contribution in [0, 0.1) is 6.92 Å². The van der Waals surface area contributed by atoms with Gasteiger partial charge in [-0.1, -0.05) is 0 Å². The lowest BCUT2D eigenvalue weighted by Crippen LogP contribution is -1.88. The molecule has 0 aliphatic rings. The molecule has 0 atom stereocenters. The van der Waals surface area contributed by atoms with E-state index in [1.807, 2.05) is 19.1 Å². The number of ether oxygens (including phenoxy) is 1. The largest absolute Gasteiger partial charge is 0.496 e. The second kappa shape index (κ2) is 5.52. The second-order valence-corrected chi connectivity index (χ2v) is 5.00. The number of nitrogens with zero attached hydrogens (tertiary/aromatic N) is 1. The van der Waals surface area contributed by atoms with E-state index in [0.29, 0.717) is 5.88 Å². The summed E-state index contributed by atoms with van der Waals surface area (Å²) in [4.78, 5) is 4.56. The molecule has 17 heavy (non-hydrogen) atoms. The van der Waals surface area contributed by atoms with E-state index in [0.717, 1.165) is 34.0 Å². The molecule has 1 aromatic carbocycles. The Morgan fingerprint density at radius 1 is 1.41 bits per heavy atom. The Kier molecular flexibility index (Phi) is 4.02. The first-order valence-corrected chi connectivity index (χ1v) is 6.81. The molecule has 1 aromatic heterocycles. The van der Waals surface area contributed by atoms with Gasteiger partial charge in [-0.2, -0.15) is 0 Å². The summed E-state index contributed by atoms with van der Waals surface area (Å²) in [7, 11) is 1.68. The van der Waals surface area contributed by atoms with Crippen molar-refractivity contribution in [2.24, 2.45) is 0 Å². The maximum Gasteiger partial charge on any atom is 0.123 e. The predicted octanol–water partition coefficient (Wildman–Crippen LogP) is 3.91. The van der Waals surface area contributed by atoms with E-state index in [-0.39, 0.29) is 0 Å². The fourth-order valence-electron chi connectivity index (χ4n) is 1.66. The van der Waals surface area contributed by atoms with Crippen LogP contribution in [0.1, 0.15) is 11.3 Å². The summed E-state index contributed by atoms with van der Waals surface area (Å²) in [5.74, 6) is 1.52. The third kappa shape index (κ3) is 2.79. The lowest BCUT2D eigenvalue weighted by Gasteiger charge is -2.05. The van der Waals surface area contributed by atoms with Crippen LogP contribution >= 0.6 is 22.9 Å². The number of rotatable bonds is 4. The number of methoxy groups -OCH3 is 1. The van der Waals surface area contributed by atoms with Crippen LogP contribution in [-0.2, 0) is 6.42 Å². The van der Waals surface area contributed by atoms with Crippen LogP contribution in [0.15, 0.2) is 23.6 Å². The third-order valence-electron chi connectivity index (χ3n) is 2.54. The van der Waals surface area contributed by atoms with Gasteiger partial charge in [0, 0.05) is 23.2 Å². The van der Waals surface area contributed by atoms with Gasteiger partial charge in [0.1, 0.15) is 10.8 Å². The fourth-order valence-corrected chi connectivity index (χ4v) is 2.71. The minimum atomic E-state index is 0.616. The molecule has 0 saturated heterocycles. The van der Waals surface area contributed by atoms with Crippen LogP contribution in [0.3, 0.4) is 0 Å². The molecule has 90 valence electrons. The molecular weight excluding hydrogens is 254 g/mol. The predicted molar refractivity (Wildman–Crippen MR) is 73.3 cm³/mol. The van der Waals surface area contributed by atoms with Gasteiger partial charge in [0.2, 0.25) is 0 Å². The van der Waals surface area contributed by atoms with Gasteiger partial charge in [0.15, 0.2) is 0 Å². The summed E-state index contributed by atoms with van der Waals surface area (Å²) < 4.78 is 5.25. The van der Waals surface area contributed by atoms with Crippen molar-refractivity contribution >= 4 is 22.9 Å². The number of hydrogen-bond acceptors (Lipinski definition) is 3. The minimum Gasteiger partial charge on any atom is -0.496 e.